The van der Waals surface area contributed by atoms with Crippen molar-refractivity contribution in [2.75, 3.05) is 0 Å². The van der Waals surface area contributed by atoms with Crippen LogP contribution in [-0.4, -0.2) is 5.91 Å². The first-order chi connectivity index (χ1) is 10.3. The summed E-state index contributed by atoms with van der Waals surface area (Å²) in [5, 5.41) is 0.643. The van der Waals surface area contributed by atoms with E-state index in [9.17, 15) is 4.79 Å². The van der Waals surface area contributed by atoms with Gasteiger partial charge in [-0.05, 0) is 41.9 Å². The van der Waals surface area contributed by atoms with E-state index < -0.39 is 5.41 Å². The number of halogens is 1. The van der Waals surface area contributed by atoms with Crippen LogP contribution in [0.25, 0.3) is 0 Å². The highest BCUT2D eigenvalue weighted by Crippen LogP contribution is 2.51. The average molecular weight is 320 g/mol. The van der Waals surface area contributed by atoms with E-state index in [2.05, 4.69) is 26.8 Å². The molecule has 1 amide bonds. The topological polar surface area (TPSA) is 43.1 Å². The molecule has 120 valence electrons. The zero-order chi connectivity index (χ0) is 16.4. The van der Waals surface area contributed by atoms with Crippen molar-refractivity contribution in [1.82, 2.24) is 0 Å². The number of carbonyl (C=O) groups excluding carboxylic acids is 1. The summed E-state index contributed by atoms with van der Waals surface area (Å²) in [5.41, 5.74) is 6.12. The van der Waals surface area contributed by atoms with Gasteiger partial charge >= 0.3 is 0 Å². The summed E-state index contributed by atoms with van der Waals surface area (Å²) < 4.78 is 0. The van der Waals surface area contributed by atoms with Gasteiger partial charge in [-0.25, -0.2) is 0 Å². The number of rotatable bonds is 5. The highest BCUT2D eigenvalue weighted by molar-refractivity contribution is 6.30. The molecular weight excluding hydrogens is 294 g/mol. The lowest BCUT2D eigenvalue weighted by Crippen LogP contribution is -2.52. The van der Waals surface area contributed by atoms with Gasteiger partial charge in [0.05, 0.1) is 5.41 Å². The normalized spacial score (nSPS) is 26.8. The van der Waals surface area contributed by atoms with Gasteiger partial charge in [-0.15, -0.1) is 0 Å². The fourth-order valence-corrected chi connectivity index (χ4v) is 4.08. The second-order valence-corrected chi connectivity index (χ2v) is 7.47. The minimum atomic E-state index is -0.762. The van der Waals surface area contributed by atoms with Gasteiger partial charge in [0.2, 0.25) is 5.91 Å². The van der Waals surface area contributed by atoms with E-state index in [1.807, 2.05) is 30.3 Å². The molecule has 0 saturated carbocycles. The highest BCUT2D eigenvalue weighted by Gasteiger charge is 2.51. The van der Waals surface area contributed by atoms with Gasteiger partial charge in [-0.3, -0.25) is 4.79 Å². The van der Waals surface area contributed by atoms with E-state index in [1.165, 1.54) is 0 Å². The summed E-state index contributed by atoms with van der Waals surface area (Å²) >= 11 is 6.18. The lowest BCUT2D eigenvalue weighted by atomic mass is 9.54. The van der Waals surface area contributed by atoms with Crippen LogP contribution in [-0.2, 0) is 10.2 Å². The summed E-state index contributed by atoms with van der Waals surface area (Å²) in [6.07, 6.45) is 8.29. The third-order valence-electron chi connectivity index (χ3n) is 5.07. The molecule has 3 heteroatoms. The lowest BCUT2D eigenvalue weighted by molar-refractivity contribution is -0.126. The Morgan fingerprint density at radius 2 is 2.14 bits per heavy atom. The molecule has 1 aliphatic carbocycles. The van der Waals surface area contributed by atoms with E-state index >= 15 is 0 Å². The Kier molecular flexibility index (Phi) is 5.01. The SMILES string of the molecule is CCCCC1C(C)(C)CC=CC1(C(N)=O)c1cccc(Cl)c1. The maximum atomic E-state index is 12.6. The Bertz CT molecular complexity index is 579. The predicted molar refractivity (Wildman–Crippen MR) is 92.9 cm³/mol. The second-order valence-electron chi connectivity index (χ2n) is 7.03. The third-order valence-corrected chi connectivity index (χ3v) is 5.31. The average Bonchev–Trinajstić information content (AvgIpc) is 2.44. The van der Waals surface area contributed by atoms with E-state index in [4.69, 9.17) is 17.3 Å². The number of carbonyl (C=O) groups is 1. The highest BCUT2D eigenvalue weighted by atomic mass is 35.5. The van der Waals surface area contributed by atoms with E-state index in [1.54, 1.807) is 0 Å². The number of allylic oxidation sites excluding steroid dienone is 1. The molecule has 0 fully saturated rings. The van der Waals surface area contributed by atoms with E-state index in [-0.39, 0.29) is 17.2 Å². The predicted octanol–water partition coefficient (Wildman–Crippen LogP) is 4.86. The molecule has 2 rings (SSSR count). The van der Waals surface area contributed by atoms with Crippen LogP contribution in [0, 0.1) is 11.3 Å². The smallest absolute Gasteiger partial charge is 0.232 e. The molecule has 0 spiro atoms. The van der Waals surface area contributed by atoms with Crippen molar-refractivity contribution in [3.05, 3.63) is 47.0 Å². The molecule has 1 aromatic rings. The fraction of sp³-hybridized carbons (Fsp3) is 0.526. The molecule has 0 bridgehead atoms. The first kappa shape index (κ1) is 17.1. The van der Waals surface area contributed by atoms with Crippen molar-refractivity contribution in [2.45, 2.75) is 51.9 Å². The molecule has 0 saturated heterocycles. The largest absolute Gasteiger partial charge is 0.369 e. The van der Waals surface area contributed by atoms with E-state index in [0.717, 1.165) is 31.2 Å². The van der Waals surface area contributed by atoms with Gasteiger partial charge in [-0.1, -0.05) is 69.5 Å². The Hall–Kier alpha value is -1.28. The summed E-state index contributed by atoms with van der Waals surface area (Å²) in [6, 6.07) is 7.59. The van der Waals surface area contributed by atoms with Crippen LogP contribution in [0.15, 0.2) is 36.4 Å². The molecule has 0 aliphatic heterocycles. The number of unbranched alkanes of at least 4 members (excludes halogenated alkanes) is 1. The van der Waals surface area contributed by atoms with Crippen molar-refractivity contribution in [3.63, 3.8) is 0 Å². The van der Waals surface area contributed by atoms with Crippen molar-refractivity contribution >= 4 is 17.5 Å². The minimum Gasteiger partial charge on any atom is -0.369 e. The molecule has 0 heterocycles. The number of nitrogens with two attached hydrogens (primary N) is 1. The fourth-order valence-electron chi connectivity index (χ4n) is 3.89. The lowest BCUT2D eigenvalue weighted by Gasteiger charge is -2.48. The zero-order valence-corrected chi connectivity index (χ0v) is 14.5. The van der Waals surface area contributed by atoms with Crippen LogP contribution >= 0.6 is 11.6 Å². The van der Waals surface area contributed by atoms with Gasteiger partial charge in [0, 0.05) is 5.02 Å². The van der Waals surface area contributed by atoms with Crippen LogP contribution in [0.3, 0.4) is 0 Å². The van der Waals surface area contributed by atoms with Crippen molar-refractivity contribution in [2.24, 2.45) is 17.1 Å². The molecule has 1 aromatic carbocycles. The number of amides is 1. The Morgan fingerprint density at radius 1 is 1.41 bits per heavy atom. The summed E-state index contributed by atoms with van der Waals surface area (Å²) in [7, 11) is 0. The molecular formula is C19H26ClNO. The van der Waals surface area contributed by atoms with Gasteiger partial charge in [0.1, 0.15) is 0 Å². The molecule has 2 atom stereocenters. The molecule has 22 heavy (non-hydrogen) atoms. The Balaban J connectivity index is 2.61. The quantitative estimate of drug-likeness (QED) is 0.774. The van der Waals surface area contributed by atoms with Crippen LogP contribution in [0.1, 0.15) is 52.0 Å². The molecule has 0 aromatic heterocycles. The minimum absolute atomic E-state index is 0.0290. The summed E-state index contributed by atoms with van der Waals surface area (Å²) in [4.78, 5) is 12.6. The molecule has 2 nitrogen and oxygen atoms in total. The number of primary amides is 1. The standard InChI is InChI=1S/C19H26ClNO/c1-4-5-10-16-18(2,3)11-7-12-19(16,17(21)22)14-8-6-9-15(20)13-14/h6-9,12-13,16H,4-5,10-11H2,1-3H3,(H2,21,22). The van der Waals surface area contributed by atoms with Gasteiger partial charge < -0.3 is 5.73 Å². The molecule has 0 radical (unpaired) electrons. The van der Waals surface area contributed by atoms with E-state index in [0.29, 0.717) is 5.02 Å². The first-order valence-electron chi connectivity index (χ1n) is 8.08. The maximum Gasteiger partial charge on any atom is 0.232 e. The molecule has 2 unspecified atom stereocenters. The number of hydrogen-bond acceptors (Lipinski definition) is 1. The van der Waals surface area contributed by atoms with Crippen LogP contribution in [0.4, 0.5) is 0 Å². The third kappa shape index (κ3) is 2.94. The maximum absolute atomic E-state index is 12.6. The summed E-state index contributed by atoms with van der Waals surface area (Å²) in [5.74, 6) is -0.0965. The first-order valence-corrected chi connectivity index (χ1v) is 8.46. The van der Waals surface area contributed by atoms with Crippen LogP contribution in [0.2, 0.25) is 5.02 Å². The second kappa shape index (κ2) is 6.45. The Morgan fingerprint density at radius 3 is 2.73 bits per heavy atom. The Labute approximate surface area is 138 Å². The van der Waals surface area contributed by atoms with Crippen molar-refractivity contribution in [1.29, 1.82) is 0 Å². The van der Waals surface area contributed by atoms with Gasteiger partial charge in [0.15, 0.2) is 0 Å². The monoisotopic (exact) mass is 319 g/mol. The van der Waals surface area contributed by atoms with Gasteiger partial charge in [0.25, 0.3) is 0 Å². The van der Waals surface area contributed by atoms with Crippen LogP contribution < -0.4 is 5.73 Å². The molecule has 2 N–H and O–H groups in total. The number of hydrogen-bond donors (Lipinski definition) is 1. The van der Waals surface area contributed by atoms with Crippen LogP contribution in [0.5, 0.6) is 0 Å². The number of benzene rings is 1. The zero-order valence-electron chi connectivity index (χ0n) is 13.7. The summed E-state index contributed by atoms with van der Waals surface area (Å²) in [6.45, 7) is 6.65. The van der Waals surface area contributed by atoms with Crippen molar-refractivity contribution < 1.29 is 4.79 Å². The van der Waals surface area contributed by atoms with Crippen molar-refractivity contribution in [3.8, 4) is 0 Å². The molecule has 1 aliphatic rings. The van der Waals surface area contributed by atoms with Gasteiger partial charge in [-0.2, -0.15) is 0 Å².